The van der Waals surface area contributed by atoms with Crippen molar-refractivity contribution in [2.75, 3.05) is 10.6 Å². The summed E-state index contributed by atoms with van der Waals surface area (Å²) in [5.41, 5.74) is -0.272. The zero-order valence-electron chi connectivity index (χ0n) is 15.9. The van der Waals surface area contributed by atoms with Gasteiger partial charge in [0.05, 0.1) is 10.0 Å². The first kappa shape index (κ1) is 23.9. The number of benzene rings is 2. The van der Waals surface area contributed by atoms with Gasteiger partial charge in [0.2, 0.25) is 5.95 Å². The van der Waals surface area contributed by atoms with Gasteiger partial charge >= 0.3 is 12.1 Å². The summed E-state index contributed by atoms with van der Waals surface area (Å²) < 4.78 is 40.5. The summed E-state index contributed by atoms with van der Waals surface area (Å²) in [5, 5.41) is 15.6. The number of hydrogen-bond donors (Lipinski definition) is 3. The molecule has 2 aromatic carbocycles. The summed E-state index contributed by atoms with van der Waals surface area (Å²) in [6, 6.07) is 9.35. The molecule has 3 N–H and O–H groups in total. The Balaban J connectivity index is 1.91. The third-order valence-electron chi connectivity index (χ3n) is 4.23. The highest BCUT2D eigenvalue weighted by Crippen LogP contribution is 2.35. The maximum Gasteiger partial charge on any atom is 0.421 e. The van der Waals surface area contributed by atoms with Crippen LogP contribution in [-0.4, -0.2) is 27.1 Å². The molecular formula is C20H14Cl3F3N4O2. The number of nitrogens with one attached hydrogen (secondary N) is 2. The second-order valence-corrected chi connectivity index (χ2v) is 7.82. The minimum atomic E-state index is -4.81. The number of anilines is 3. The van der Waals surface area contributed by atoms with E-state index in [0.29, 0.717) is 27.5 Å². The molecule has 0 saturated carbocycles. The van der Waals surface area contributed by atoms with Crippen LogP contribution in [0.15, 0.2) is 48.7 Å². The number of alkyl halides is 3. The van der Waals surface area contributed by atoms with Gasteiger partial charge in [0.15, 0.2) is 0 Å². The first-order chi connectivity index (χ1) is 15.0. The lowest BCUT2D eigenvalue weighted by Gasteiger charge is -2.19. The molecule has 0 bridgehead atoms. The lowest BCUT2D eigenvalue weighted by atomic mass is 10.1. The van der Waals surface area contributed by atoms with E-state index in [1.54, 1.807) is 24.3 Å². The molecule has 0 radical (unpaired) electrons. The third-order valence-corrected chi connectivity index (χ3v) is 5.22. The highest BCUT2D eigenvalue weighted by Gasteiger charge is 2.36. The Morgan fingerprint density at radius 1 is 1.06 bits per heavy atom. The number of carbonyl (C=O) groups is 1. The molecule has 0 spiro atoms. The van der Waals surface area contributed by atoms with Crippen molar-refractivity contribution < 1.29 is 23.1 Å². The summed E-state index contributed by atoms with van der Waals surface area (Å²) in [6.45, 7) is 0. The van der Waals surface area contributed by atoms with E-state index in [2.05, 4.69) is 20.6 Å². The second-order valence-electron chi connectivity index (χ2n) is 6.57. The van der Waals surface area contributed by atoms with Gasteiger partial charge in [-0.25, -0.2) is 9.78 Å². The van der Waals surface area contributed by atoms with Crippen molar-refractivity contribution in [2.45, 2.75) is 18.6 Å². The smallest absolute Gasteiger partial charge is 0.421 e. The quantitative estimate of drug-likeness (QED) is 0.349. The van der Waals surface area contributed by atoms with Crippen molar-refractivity contribution in [1.82, 2.24) is 9.97 Å². The molecule has 6 nitrogen and oxygen atoms in total. The molecule has 0 fully saturated rings. The van der Waals surface area contributed by atoms with Gasteiger partial charge in [0.25, 0.3) is 0 Å². The highest BCUT2D eigenvalue weighted by atomic mass is 35.5. The van der Waals surface area contributed by atoms with E-state index in [1.165, 1.54) is 18.2 Å². The average molecular weight is 506 g/mol. The van der Waals surface area contributed by atoms with Gasteiger partial charge < -0.3 is 15.7 Å². The van der Waals surface area contributed by atoms with Crippen molar-refractivity contribution in [3.8, 4) is 0 Å². The van der Waals surface area contributed by atoms with E-state index in [9.17, 15) is 23.1 Å². The van der Waals surface area contributed by atoms with Crippen molar-refractivity contribution in [1.29, 1.82) is 0 Å². The summed E-state index contributed by atoms with van der Waals surface area (Å²) in [6.07, 6.45) is -4.35. The minimum absolute atomic E-state index is 0.108. The first-order valence-electron chi connectivity index (χ1n) is 8.93. The first-order valence-corrected chi connectivity index (χ1v) is 10.1. The van der Waals surface area contributed by atoms with Gasteiger partial charge in [-0.15, -0.1) is 0 Å². The number of carboxylic acids is 1. The van der Waals surface area contributed by atoms with Gasteiger partial charge in [-0.2, -0.15) is 18.2 Å². The summed E-state index contributed by atoms with van der Waals surface area (Å²) in [4.78, 5) is 19.3. The molecule has 3 aromatic rings. The van der Waals surface area contributed by atoms with Gasteiger partial charge in [0.1, 0.15) is 17.4 Å². The van der Waals surface area contributed by atoms with Crippen molar-refractivity contribution in [3.63, 3.8) is 0 Å². The minimum Gasteiger partial charge on any atom is -0.480 e. The van der Waals surface area contributed by atoms with Gasteiger partial charge in [0, 0.05) is 23.3 Å². The van der Waals surface area contributed by atoms with Crippen LogP contribution in [0.25, 0.3) is 0 Å². The Kier molecular flexibility index (Phi) is 7.33. The fourth-order valence-electron chi connectivity index (χ4n) is 2.68. The van der Waals surface area contributed by atoms with E-state index in [1.807, 2.05) is 0 Å². The molecule has 0 aliphatic rings. The standard InChI is InChI=1S/C20H14Cl3F3N4O2/c21-11-3-1-10(2-4-11)7-16(18(31)32)29-17-13(20(24,25)26)9-27-19(30-17)28-12-5-6-14(22)15(23)8-12/h1-6,8-9,16H,7H2,(H,31,32)(H2,27,28,29,30). The number of nitrogens with zero attached hydrogens (tertiary/aromatic N) is 2. The number of hydrogen-bond acceptors (Lipinski definition) is 5. The Hall–Kier alpha value is -2.75. The van der Waals surface area contributed by atoms with Crippen LogP contribution in [0.1, 0.15) is 11.1 Å². The second kappa shape index (κ2) is 9.81. The lowest BCUT2D eigenvalue weighted by Crippen LogP contribution is -2.33. The van der Waals surface area contributed by atoms with Crippen LogP contribution in [0.2, 0.25) is 15.1 Å². The normalized spacial score (nSPS) is 12.3. The fourth-order valence-corrected chi connectivity index (χ4v) is 3.11. The van der Waals surface area contributed by atoms with Crippen LogP contribution < -0.4 is 10.6 Å². The third kappa shape index (κ3) is 6.15. The summed E-state index contributed by atoms with van der Waals surface area (Å²) in [7, 11) is 0. The molecule has 0 amide bonds. The molecule has 168 valence electrons. The van der Waals surface area contributed by atoms with Crippen LogP contribution in [-0.2, 0) is 17.4 Å². The van der Waals surface area contributed by atoms with Crippen molar-refractivity contribution in [2.24, 2.45) is 0 Å². The molecule has 1 unspecified atom stereocenters. The molecule has 1 atom stereocenters. The zero-order valence-corrected chi connectivity index (χ0v) is 18.2. The Bertz CT molecular complexity index is 1130. The molecule has 1 aromatic heterocycles. The number of carboxylic acid groups (broad SMARTS) is 1. The van der Waals surface area contributed by atoms with E-state index in [4.69, 9.17) is 34.8 Å². The highest BCUT2D eigenvalue weighted by molar-refractivity contribution is 6.42. The molecule has 12 heteroatoms. The average Bonchev–Trinajstić information content (AvgIpc) is 2.71. The number of aromatic nitrogens is 2. The van der Waals surface area contributed by atoms with Gasteiger partial charge in [-0.3, -0.25) is 0 Å². The van der Waals surface area contributed by atoms with Gasteiger partial charge in [-0.05, 0) is 35.9 Å². The van der Waals surface area contributed by atoms with Crippen LogP contribution in [0.3, 0.4) is 0 Å². The molecule has 32 heavy (non-hydrogen) atoms. The Labute approximate surface area is 195 Å². The maximum atomic E-state index is 13.5. The molecule has 1 heterocycles. The predicted octanol–water partition coefficient (Wildman–Crippen LogP) is 6.31. The topological polar surface area (TPSA) is 87.1 Å². The van der Waals surface area contributed by atoms with Crippen LogP contribution >= 0.6 is 34.8 Å². The van der Waals surface area contributed by atoms with Crippen LogP contribution in [0, 0.1) is 0 Å². The molecule has 0 saturated heterocycles. The predicted molar refractivity (Wildman–Crippen MR) is 117 cm³/mol. The van der Waals surface area contributed by atoms with Gasteiger partial charge in [-0.1, -0.05) is 46.9 Å². The van der Waals surface area contributed by atoms with Crippen LogP contribution in [0.4, 0.5) is 30.6 Å². The SMILES string of the molecule is O=C(O)C(Cc1ccc(Cl)cc1)Nc1nc(Nc2ccc(Cl)c(Cl)c2)ncc1C(F)(F)F. The monoisotopic (exact) mass is 504 g/mol. The molecule has 0 aliphatic heterocycles. The largest absolute Gasteiger partial charge is 0.480 e. The maximum absolute atomic E-state index is 13.5. The van der Waals surface area contributed by atoms with E-state index in [-0.39, 0.29) is 17.4 Å². The molecule has 3 rings (SSSR count). The fraction of sp³-hybridized carbons (Fsp3) is 0.150. The Morgan fingerprint density at radius 3 is 2.34 bits per heavy atom. The lowest BCUT2D eigenvalue weighted by molar-refractivity contribution is -0.139. The summed E-state index contributed by atoms with van der Waals surface area (Å²) in [5.74, 6) is -2.24. The van der Waals surface area contributed by atoms with Crippen LogP contribution in [0.5, 0.6) is 0 Å². The number of rotatable bonds is 7. The van der Waals surface area contributed by atoms with E-state index < -0.39 is 29.6 Å². The zero-order chi connectivity index (χ0) is 23.5. The van der Waals surface area contributed by atoms with E-state index >= 15 is 0 Å². The summed E-state index contributed by atoms with van der Waals surface area (Å²) >= 11 is 17.6. The van der Waals surface area contributed by atoms with Crippen molar-refractivity contribution >= 4 is 58.2 Å². The molecule has 0 aliphatic carbocycles. The van der Waals surface area contributed by atoms with Crippen molar-refractivity contribution in [3.05, 3.63) is 74.9 Å². The Morgan fingerprint density at radius 2 is 1.75 bits per heavy atom. The number of halogens is 6. The van der Waals surface area contributed by atoms with E-state index in [0.717, 1.165) is 0 Å². The number of aliphatic carboxylic acids is 1. The molecular weight excluding hydrogens is 492 g/mol.